The second-order valence-electron chi connectivity index (χ2n) is 5.34. The van der Waals surface area contributed by atoms with Gasteiger partial charge in [-0.05, 0) is 37.6 Å². The molecule has 0 saturated heterocycles. The highest BCUT2D eigenvalue weighted by Crippen LogP contribution is 2.27. The maximum absolute atomic E-state index is 12.2. The number of alkyl halides is 3. The normalized spacial score (nSPS) is 24.0. The van der Waals surface area contributed by atoms with Gasteiger partial charge in [-0.3, -0.25) is 4.79 Å². The van der Waals surface area contributed by atoms with Crippen LogP contribution >= 0.6 is 34.8 Å². The minimum atomic E-state index is -2.08. The van der Waals surface area contributed by atoms with E-state index in [-0.39, 0.29) is 0 Å². The van der Waals surface area contributed by atoms with E-state index in [0.29, 0.717) is 5.56 Å². The van der Waals surface area contributed by atoms with Crippen LogP contribution in [0, 0.1) is 0 Å². The summed E-state index contributed by atoms with van der Waals surface area (Å²) in [6.45, 7) is 3.50. The summed E-state index contributed by atoms with van der Waals surface area (Å²) in [5.41, 5.74) is 1.18. The van der Waals surface area contributed by atoms with Gasteiger partial charge in [0.25, 0.3) is 9.70 Å². The second kappa shape index (κ2) is 7.74. The number of rotatable bonds is 3. The van der Waals surface area contributed by atoms with Crippen LogP contribution < -0.4 is 5.32 Å². The number of ether oxygens (including phenoxy) is 2. The Hall–Kier alpha value is -1.27. The summed E-state index contributed by atoms with van der Waals surface area (Å²) in [7, 11) is 0. The molecule has 0 unspecified atom stereocenters. The van der Waals surface area contributed by atoms with Crippen LogP contribution in [0.25, 0.3) is 0 Å². The van der Waals surface area contributed by atoms with E-state index in [9.17, 15) is 9.59 Å². The van der Waals surface area contributed by atoms with Crippen molar-refractivity contribution in [1.29, 1.82) is 0 Å². The molecule has 0 aromatic heterocycles. The zero-order chi connectivity index (χ0) is 17.9. The van der Waals surface area contributed by atoms with Crippen molar-refractivity contribution < 1.29 is 19.1 Å². The molecule has 0 spiro atoms. The van der Waals surface area contributed by atoms with E-state index >= 15 is 0 Å². The predicted molar refractivity (Wildman–Crippen MR) is 92.2 cm³/mol. The van der Waals surface area contributed by atoms with Crippen molar-refractivity contribution in [1.82, 2.24) is 5.32 Å². The third-order valence-corrected chi connectivity index (χ3v) is 3.94. The standard InChI is InChI=1S/C16H16Cl3NO4/c1-9-8-12(20-15(22)16(17,18)19)23-10(2)13(9)24-14(21)11-6-4-3-5-7-11/h3-8,10,12-13H,1-2H3,(H,20,22)/t10-,12-,13+/m1/s1. The van der Waals surface area contributed by atoms with Crippen LogP contribution in [0.4, 0.5) is 0 Å². The zero-order valence-corrected chi connectivity index (χ0v) is 15.2. The fourth-order valence-electron chi connectivity index (χ4n) is 2.28. The van der Waals surface area contributed by atoms with E-state index in [0.717, 1.165) is 5.57 Å². The smallest absolute Gasteiger partial charge is 0.338 e. The van der Waals surface area contributed by atoms with Crippen LogP contribution in [-0.2, 0) is 14.3 Å². The van der Waals surface area contributed by atoms with Gasteiger partial charge in [0.1, 0.15) is 12.3 Å². The van der Waals surface area contributed by atoms with Gasteiger partial charge in [-0.15, -0.1) is 0 Å². The van der Waals surface area contributed by atoms with Gasteiger partial charge in [-0.2, -0.15) is 0 Å². The van der Waals surface area contributed by atoms with Crippen molar-refractivity contribution >= 4 is 46.7 Å². The molecule has 3 atom stereocenters. The third-order valence-electron chi connectivity index (χ3n) is 3.42. The number of esters is 1. The molecule has 0 radical (unpaired) electrons. The molecule has 130 valence electrons. The van der Waals surface area contributed by atoms with Gasteiger partial charge in [0.2, 0.25) is 0 Å². The summed E-state index contributed by atoms with van der Waals surface area (Å²) in [5, 5.41) is 2.45. The molecule has 1 aromatic carbocycles. The van der Waals surface area contributed by atoms with Crippen molar-refractivity contribution in [2.75, 3.05) is 0 Å². The maximum atomic E-state index is 12.2. The third kappa shape index (κ3) is 4.86. The van der Waals surface area contributed by atoms with Crippen molar-refractivity contribution in [2.45, 2.75) is 36.1 Å². The predicted octanol–water partition coefficient (Wildman–Crippen LogP) is 3.39. The number of amides is 1. The van der Waals surface area contributed by atoms with Gasteiger partial charge < -0.3 is 14.8 Å². The SMILES string of the molecule is CC1=C[C@H](NC(=O)C(Cl)(Cl)Cl)O[C@H](C)[C@H]1OC(=O)c1ccccc1. The Balaban J connectivity index is 2.05. The lowest BCUT2D eigenvalue weighted by Crippen LogP contribution is -2.48. The van der Waals surface area contributed by atoms with Crippen molar-refractivity contribution in [3.63, 3.8) is 0 Å². The van der Waals surface area contributed by atoms with Crippen LogP contribution in [0.3, 0.4) is 0 Å². The van der Waals surface area contributed by atoms with Gasteiger partial charge in [-0.25, -0.2) is 4.79 Å². The highest BCUT2D eigenvalue weighted by Gasteiger charge is 2.36. The molecule has 0 saturated carbocycles. The van der Waals surface area contributed by atoms with Gasteiger partial charge in [-0.1, -0.05) is 53.0 Å². The molecule has 1 amide bonds. The van der Waals surface area contributed by atoms with Crippen molar-refractivity contribution in [3.05, 3.63) is 47.5 Å². The van der Waals surface area contributed by atoms with E-state index in [1.54, 1.807) is 44.2 Å². The molecular weight excluding hydrogens is 377 g/mol. The highest BCUT2D eigenvalue weighted by molar-refractivity contribution is 6.76. The molecule has 0 bridgehead atoms. The molecule has 1 N–H and O–H groups in total. The van der Waals surface area contributed by atoms with Crippen molar-refractivity contribution in [3.8, 4) is 0 Å². The summed E-state index contributed by atoms with van der Waals surface area (Å²) < 4.78 is 9.03. The molecule has 1 heterocycles. The molecule has 5 nitrogen and oxygen atoms in total. The average molecular weight is 393 g/mol. The molecule has 1 aliphatic rings. The maximum Gasteiger partial charge on any atom is 0.338 e. The fraction of sp³-hybridized carbons (Fsp3) is 0.375. The number of carbonyl (C=O) groups is 2. The minimum Gasteiger partial charge on any atom is -0.451 e. The molecule has 0 aliphatic carbocycles. The molecular formula is C16H16Cl3NO4. The van der Waals surface area contributed by atoms with E-state index in [2.05, 4.69) is 5.32 Å². The van der Waals surface area contributed by atoms with Crippen LogP contribution in [0.2, 0.25) is 0 Å². The van der Waals surface area contributed by atoms with Gasteiger partial charge >= 0.3 is 5.97 Å². The first-order chi connectivity index (χ1) is 11.2. The molecule has 24 heavy (non-hydrogen) atoms. The van der Waals surface area contributed by atoms with E-state index in [1.165, 1.54) is 0 Å². The Labute approximate surface area is 154 Å². The van der Waals surface area contributed by atoms with E-state index < -0.39 is 34.1 Å². The molecule has 2 rings (SSSR count). The summed E-state index contributed by atoms with van der Waals surface area (Å²) in [6, 6.07) is 8.65. The Morgan fingerprint density at radius 2 is 1.83 bits per heavy atom. The topological polar surface area (TPSA) is 64.6 Å². The number of carbonyl (C=O) groups excluding carboxylic acids is 2. The van der Waals surface area contributed by atoms with Crippen molar-refractivity contribution in [2.24, 2.45) is 0 Å². The Bertz CT molecular complexity index is 642. The summed E-state index contributed by atoms with van der Waals surface area (Å²) >= 11 is 16.5. The first-order valence-corrected chi connectivity index (χ1v) is 8.29. The van der Waals surface area contributed by atoms with Gasteiger partial charge in [0, 0.05) is 0 Å². The summed E-state index contributed by atoms with van der Waals surface area (Å²) in [5.74, 6) is -1.25. The first-order valence-electron chi connectivity index (χ1n) is 7.16. The summed E-state index contributed by atoms with van der Waals surface area (Å²) in [4.78, 5) is 23.9. The lowest BCUT2D eigenvalue weighted by molar-refractivity contribution is -0.127. The number of hydrogen-bond acceptors (Lipinski definition) is 4. The molecule has 1 aromatic rings. The summed E-state index contributed by atoms with van der Waals surface area (Å²) in [6.07, 6.45) is -0.214. The number of halogens is 3. The Morgan fingerprint density at radius 1 is 1.21 bits per heavy atom. The van der Waals surface area contributed by atoms with Crippen LogP contribution in [0.1, 0.15) is 24.2 Å². The fourth-order valence-corrected chi connectivity index (χ4v) is 2.44. The number of hydrogen-bond donors (Lipinski definition) is 1. The lowest BCUT2D eigenvalue weighted by atomic mass is 10.0. The highest BCUT2D eigenvalue weighted by atomic mass is 35.6. The second-order valence-corrected chi connectivity index (χ2v) is 7.62. The molecule has 0 fully saturated rings. The van der Waals surface area contributed by atoms with E-state index in [4.69, 9.17) is 44.3 Å². The molecule has 1 aliphatic heterocycles. The lowest BCUT2D eigenvalue weighted by Gasteiger charge is -2.33. The Kier molecular flexibility index (Phi) is 6.15. The monoisotopic (exact) mass is 391 g/mol. The van der Waals surface area contributed by atoms with Crippen LogP contribution in [0.15, 0.2) is 42.0 Å². The quantitative estimate of drug-likeness (QED) is 0.486. The van der Waals surface area contributed by atoms with Gasteiger partial charge in [0.15, 0.2) is 0 Å². The Morgan fingerprint density at radius 3 is 2.38 bits per heavy atom. The largest absolute Gasteiger partial charge is 0.451 e. The van der Waals surface area contributed by atoms with E-state index in [1.807, 2.05) is 6.07 Å². The number of benzene rings is 1. The zero-order valence-electron chi connectivity index (χ0n) is 13.0. The van der Waals surface area contributed by atoms with Crippen LogP contribution in [-0.4, -0.2) is 34.1 Å². The van der Waals surface area contributed by atoms with Crippen LogP contribution in [0.5, 0.6) is 0 Å². The number of nitrogens with one attached hydrogen (secondary N) is 1. The first kappa shape index (κ1) is 19.1. The van der Waals surface area contributed by atoms with Gasteiger partial charge in [0.05, 0.1) is 11.7 Å². The average Bonchev–Trinajstić information content (AvgIpc) is 2.50. The molecule has 8 heteroatoms. The minimum absolute atomic E-state index is 0.448.